The maximum Gasteiger partial charge on any atom is 0.490 e. The number of nitrogens with zero attached hydrogens (tertiary/aromatic N) is 4. The summed E-state index contributed by atoms with van der Waals surface area (Å²) in [6.07, 6.45) is -1.55. The first-order valence-electron chi connectivity index (χ1n) is 13.1. The maximum absolute atomic E-state index is 16.2. The van der Waals surface area contributed by atoms with Gasteiger partial charge in [0.15, 0.2) is 5.82 Å². The molecule has 2 aromatic heterocycles. The number of anilines is 1. The number of nitrogens with one attached hydrogen (secondary N) is 1. The van der Waals surface area contributed by atoms with Crippen molar-refractivity contribution in [3.8, 4) is 17.3 Å². The summed E-state index contributed by atoms with van der Waals surface area (Å²) in [7, 11) is 0. The quantitative estimate of drug-likeness (QED) is 0.250. The summed E-state index contributed by atoms with van der Waals surface area (Å²) in [6.45, 7) is 1.32. The summed E-state index contributed by atoms with van der Waals surface area (Å²) in [6, 6.07) is 11.7. The van der Waals surface area contributed by atoms with Crippen molar-refractivity contribution in [3.05, 3.63) is 53.4 Å². The van der Waals surface area contributed by atoms with Crippen LogP contribution >= 0.6 is 11.6 Å². The van der Waals surface area contributed by atoms with Crippen molar-refractivity contribution in [2.75, 3.05) is 24.6 Å². The molecule has 2 atom stereocenters. The highest BCUT2D eigenvalue weighted by molar-refractivity contribution is 6.36. The Morgan fingerprint density at radius 2 is 1.72 bits per heavy atom. The van der Waals surface area contributed by atoms with Gasteiger partial charge in [0.2, 0.25) is 0 Å². The molecule has 0 radical (unpaired) electrons. The molecule has 0 aliphatic carbocycles. The monoisotopic (exact) mass is 621 g/mol. The Labute approximate surface area is 246 Å². The van der Waals surface area contributed by atoms with Gasteiger partial charge in [0, 0.05) is 47.3 Å². The number of piperazine rings is 1. The number of ether oxygens (including phenoxy) is 1. The minimum absolute atomic E-state index is 0.0587. The van der Waals surface area contributed by atoms with Gasteiger partial charge in [0.25, 0.3) is 0 Å². The number of benzene rings is 2. The number of hydrogen-bond acceptors (Lipinski definition) is 8. The molecule has 2 unspecified atom stereocenters. The van der Waals surface area contributed by atoms with Crippen LogP contribution in [-0.2, 0) is 9.59 Å². The molecule has 0 amide bonds. The number of fused-ring (bicyclic) bond motifs is 4. The van der Waals surface area contributed by atoms with E-state index in [-0.39, 0.29) is 30.2 Å². The fourth-order valence-corrected chi connectivity index (χ4v) is 5.49. The molecule has 10 nitrogen and oxygen atoms in total. The molecule has 2 aliphatic heterocycles. The number of carboxylic acid groups (broad SMARTS) is 2. The molecule has 6 rings (SSSR count). The normalized spacial score (nSPS) is 17.9. The van der Waals surface area contributed by atoms with Gasteiger partial charge in [-0.15, -0.1) is 0 Å². The van der Waals surface area contributed by atoms with Gasteiger partial charge in [-0.25, -0.2) is 9.18 Å². The number of rotatable bonds is 6. The first-order valence-corrected chi connectivity index (χ1v) is 13.5. The Morgan fingerprint density at radius 3 is 2.35 bits per heavy atom. The molecular formula is C28H24ClF4N5O5. The summed E-state index contributed by atoms with van der Waals surface area (Å²) >= 11 is 6.49. The van der Waals surface area contributed by atoms with Crippen LogP contribution in [0.25, 0.3) is 32.9 Å². The number of carboxylic acids is 2. The fourth-order valence-electron chi connectivity index (χ4n) is 5.21. The molecule has 2 saturated heterocycles. The van der Waals surface area contributed by atoms with E-state index in [0.29, 0.717) is 39.3 Å². The molecule has 3 N–H and O–H groups in total. The lowest BCUT2D eigenvalue weighted by atomic mass is 10.0. The molecule has 0 spiro atoms. The molecular weight excluding hydrogens is 598 g/mol. The second kappa shape index (κ2) is 12.1. The first-order chi connectivity index (χ1) is 20.4. The van der Waals surface area contributed by atoms with Crippen molar-refractivity contribution in [3.63, 3.8) is 0 Å². The van der Waals surface area contributed by atoms with Gasteiger partial charge in [0.1, 0.15) is 23.6 Å². The molecule has 2 aromatic carbocycles. The first kappa shape index (κ1) is 30.2. The van der Waals surface area contributed by atoms with Gasteiger partial charge in [0.05, 0.1) is 11.8 Å². The zero-order chi connectivity index (χ0) is 30.9. The molecule has 4 aromatic rings. The number of pyridine rings is 1. The average Bonchev–Trinajstić information content (AvgIpc) is 3.29. The standard InChI is InChI=1S/C26H23ClFN5O3.C2HF3O2/c27-19-6-2-4-14-3-1-5-17(21(14)19)23-22(28)24-18(11-29-23)25(32-26(31-24)36-10-9-20(34)35)33-12-15-7-8-16(13-33)30-15;3-2(4,5)1(6)7/h1-6,11,15-16,30H,7-10,12-13H2,(H,34,35);(H,6,7). The highest BCUT2D eigenvalue weighted by Gasteiger charge is 2.38. The second-order valence-electron chi connectivity index (χ2n) is 9.99. The lowest BCUT2D eigenvalue weighted by Gasteiger charge is -2.34. The maximum atomic E-state index is 16.2. The van der Waals surface area contributed by atoms with E-state index in [1.54, 1.807) is 18.3 Å². The molecule has 15 heteroatoms. The number of aliphatic carboxylic acids is 2. The van der Waals surface area contributed by atoms with Crippen molar-refractivity contribution in [2.24, 2.45) is 0 Å². The summed E-state index contributed by atoms with van der Waals surface area (Å²) in [5, 5.41) is 22.3. The van der Waals surface area contributed by atoms with Crippen molar-refractivity contribution in [1.29, 1.82) is 0 Å². The van der Waals surface area contributed by atoms with Gasteiger partial charge in [-0.1, -0.05) is 41.9 Å². The molecule has 226 valence electrons. The molecule has 4 heterocycles. The Kier molecular flexibility index (Phi) is 8.51. The van der Waals surface area contributed by atoms with Gasteiger partial charge in [-0.2, -0.15) is 23.1 Å². The summed E-state index contributed by atoms with van der Waals surface area (Å²) in [4.78, 5) is 35.4. The van der Waals surface area contributed by atoms with Crippen LogP contribution in [0.3, 0.4) is 0 Å². The van der Waals surface area contributed by atoms with E-state index >= 15 is 4.39 Å². The Morgan fingerprint density at radius 1 is 1.07 bits per heavy atom. The number of aromatic nitrogens is 3. The lowest BCUT2D eigenvalue weighted by Crippen LogP contribution is -2.51. The molecule has 2 aliphatic rings. The van der Waals surface area contributed by atoms with Gasteiger partial charge in [-0.3, -0.25) is 9.78 Å². The minimum Gasteiger partial charge on any atom is -0.481 e. The van der Waals surface area contributed by atoms with E-state index in [1.165, 1.54) is 0 Å². The van der Waals surface area contributed by atoms with E-state index in [1.807, 2.05) is 24.3 Å². The topological polar surface area (TPSA) is 138 Å². The SMILES string of the molecule is O=C(O)C(F)(F)F.O=C(O)CCOc1nc(N2CC3CCC(C2)N3)c2cnc(-c3cccc4cccc(Cl)c34)c(F)c2n1. The predicted molar refractivity (Wildman–Crippen MR) is 149 cm³/mol. The number of hydrogen-bond donors (Lipinski definition) is 3. The van der Waals surface area contributed by atoms with Gasteiger partial charge < -0.3 is 25.2 Å². The zero-order valence-electron chi connectivity index (χ0n) is 22.2. The van der Waals surface area contributed by atoms with E-state index in [0.717, 1.165) is 31.3 Å². The van der Waals surface area contributed by atoms with E-state index < -0.39 is 23.9 Å². The van der Waals surface area contributed by atoms with Crippen molar-refractivity contribution in [1.82, 2.24) is 20.3 Å². The number of carbonyl (C=O) groups is 2. The molecule has 2 bridgehead atoms. The summed E-state index contributed by atoms with van der Waals surface area (Å²) < 4.78 is 53.5. The van der Waals surface area contributed by atoms with Gasteiger partial charge in [-0.05, 0) is 24.3 Å². The number of halogens is 5. The molecule has 0 saturated carbocycles. The van der Waals surface area contributed by atoms with Crippen LogP contribution in [0.4, 0.5) is 23.4 Å². The summed E-state index contributed by atoms with van der Waals surface area (Å²) in [5.41, 5.74) is 0.763. The fraction of sp³-hybridized carbons (Fsp3) is 0.321. The molecule has 2 fully saturated rings. The van der Waals surface area contributed by atoms with Crippen molar-refractivity contribution in [2.45, 2.75) is 37.5 Å². The lowest BCUT2D eigenvalue weighted by molar-refractivity contribution is -0.192. The van der Waals surface area contributed by atoms with Crippen LogP contribution in [0, 0.1) is 5.82 Å². The highest BCUT2D eigenvalue weighted by atomic mass is 35.5. The second-order valence-corrected chi connectivity index (χ2v) is 10.4. The Balaban J connectivity index is 0.000000472. The van der Waals surface area contributed by atoms with Crippen molar-refractivity contribution < 1.29 is 42.1 Å². The van der Waals surface area contributed by atoms with E-state index in [9.17, 15) is 18.0 Å². The zero-order valence-corrected chi connectivity index (χ0v) is 23.0. The summed E-state index contributed by atoms with van der Waals surface area (Å²) in [5.74, 6) is -3.82. The van der Waals surface area contributed by atoms with E-state index in [4.69, 9.17) is 31.3 Å². The van der Waals surface area contributed by atoms with Crippen LogP contribution in [0.5, 0.6) is 6.01 Å². The largest absolute Gasteiger partial charge is 0.490 e. The Bertz CT molecular complexity index is 1690. The van der Waals surface area contributed by atoms with Crippen molar-refractivity contribution >= 4 is 51.0 Å². The van der Waals surface area contributed by atoms with Crippen LogP contribution < -0.4 is 15.0 Å². The van der Waals surface area contributed by atoms with Crippen LogP contribution in [0.15, 0.2) is 42.6 Å². The highest BCUT2D eigenvalue weighted by Crippen LogP contribution is 2.38. The van der Waals surface area contributed by atoms with Crippen LogP contribution in [-0.4, -0.2) is 75.1 Å². The molecule has 43 heavy (non-hydrogen) atoms. The Hall–Kier alpha value is -4.30. The van der Waals surface area contributed by atoms with E-state index in [2.05, 4.69) is 25.2 Å². The van der Waals surface area contributed by atoms with Crippen LogP contribution in [0.1, 0.15) is 19.3 Å². The van der Waals surface area contributed by atoms with Gasteiger partial charge >= 0.3 is 24.1 Å². The smallest absolute Gasteiger partial charge is 0.481 e. The van der Waals surface area contributed by atoms with Crippen LogP contribution in [0.2, 0.25) is 5.02 Å². The third kappa shape index (κ3) is 6.54. The average molecular weight is 622 g/mol. The third-order valence-electron chi connectivity index (χ3n) is 7.06. The number of alkyl halides is 3. The third-order valence-corrected chi connectivity index (χ3v) is 7.37. The minimum atomic E-state index is -5.08. The predicted octanol–water partition coefficient (Wildman–Crippen LogP) is 5.06.